The molecule has 2 rings (SSSR count). The van der Waals surface area contributed by atoms with Gasteiger partial charge in [-0.1, -0.05) is 34.1 Å². The summed E-state index contributed by atoms with van der Waals surface area (Å²) in [6.45, 7) is 1.96. The van der Waals surface area contributed by atoms with Crippen LogP contribution in [0.2, 0.25) is 0 Å². The largest absolute Gasteiger partial charge is 0.350 e. The molecule has 1 unspecified atom stereocenters. The Kier molecular flexibility index (Phi) is 6.46. The molecule has 0 heterocycles. The second-order valence-electron chi connectivity index (χ2n) is 4.86. The number of nitrogens with one attached hydrogen (secondary N) is 1. The molecule has 0 saturated carbocycles. The predicted octanol–water partition coefficient (Wildman–Crippen LogP) is 4.95. The molecule has 0 aliphatic rings. The zero-order chi connectivity index (χ0) is 15.9. The van der Waals surface area contributed by atoms with Gasteiger partial charge in [0.25, 0.3) is 0 Å². The number of hydrogen-bond acceptors (Lipinski definition) is 2. The SMILES string of the molecule is CC(NC(=O)CCSc1ccc(F)cc1)c1ccccc1Br. The molecule has 0 fully saturated rings. The monoisotopic (exact) mass is 381 g/mol. The number of benzene rings is 2. The van der Waals surface area contributed by atoms with Crippen LogP contribution in [0.1, 0.15) is 24.9 Å². The van der Waals surface area contributed by atoms with Crippen molar-refractivity contribution in [1.29, 1.82) is 0 Å². The summed E-state index contributed by atoms with van der Waals surface area (Å²) >= 11 is 5.04. The Bertz CT molecular complexity index is 633. The molecule has 0 saturated heterocycles. The maximum Gasteiger partial charge on any atom is 0.221 e. The highest BCUT2D eigenvalue weighted by atomic mass is 79.9. The first-order valence-corrected chi connectivity index (χ1v) is 8.76. The van der Waals surface area contributed by atoms with Gasteiger partial charge in [-0.3, -0.25) is 4.79 Å². The zero-order valence-electron chi connectivity index (χ0n) is 12.2. The molecule has 22 heavy (non-hydrogen) atoms. The summed E-state index contributed by atoms with van der Waals surface area (Å²) in [5.41, 5.74) is 1.06. The number of rotatable bonds is 6. The van der Waals surface area contributed by atoms with E-state index >= 15 is 0 Å². The van der Waals surface area contributed by atoms with E-state index in [9.17, 15) is 9.18 Å². The van der Waals surface area contributed by atoms with E-state index in [1.807, 2.05) is 31.2 Å². The molecule has 1 amide bonds. The van der Waals surface area contributed by atoms with E-state index in [0.29, 0.717) is 12.2 Å². The Labute approximate surface area is 142 Å². The Hall–Kier alpha value is -1.33. The van der Waals surface area contributed by atoms with Crippen LogP contribution in [0.15, 0.2) is 57.9 Å². The van der Waals surface area contributed by atoms with Crippen molar-refractivity contribution >= 4 is 33.6 Å². The summed E-state index contributed by atoms with van der Waals surface area (Å²) in [5.74, 6) is 0.433. The van der Waals surface area contributed by atoms with Gasteiger partial charge in [0, 0.05) is 21.5 Å². The number of carbonyl (C=O) groups excluding carboxylic acids is 1. The van der Waals surface area contributed by atoms with Crippen molar-refractivity contribution in [2.45, 2.75) is 24.3 Å². The molecule has 5 heteroatoms. The molecule has 2 aromatic carbocycles. The molecule has 0 aliphatic heterocycles. The Morgan fingerprint density at radius 1 is 1.23 bits per heavy atom. The lowest BCUT2D eigenvalue weighted by atomic mass is 10.1. The first kappa shape index (κ1) is 17.0. The van der Waals surface area contributed by atoms with Crippen LogP contribution in [0.3, 0.4) is 0 Å². The van der Waals surface area contributed by atoms with E-state index in [2.05, 4.69) is 21.2 Å². The summed E-state index contributed by atoms with van der Waals surface area (Å²) in [6, 6.07) is 14.1. The van der Waals surface area contributed by atoms with Gasteiger partial charge < -0.3 is 5.32 Å². The van der Waals surface area contributed by atoms with Crippen LogP contribution in [-0.4, -0.2) is 11.7 Å². The second-order valence-corrected chi connectivity index (χ2v) is 6.89. The van der Waals surface area contributed by atoms with Crippen LogP contribution < -0.4 is 5.32 Å². The fourth-order valence-electron chi connectivity index (χ4n) is 2.01. The summed E-state index contributed by atoms with van der Waals surface area (Å²) in [6.07, 6.45) is 0.427. The lowest BCUT2D eigenvalue weighted by Gasteiger charge is -2.15. The molecular weight excluding hydrogens is 365 g/mol. The van der Waals surface area contributed by atoms with E-state index in [-0.39, 0.29) is 17.8 Å². The van der Waals surface area contributed by atoms with Crippen molar-refractivity contribution in [3.8, 4) is 0 Å². The van der Waals surface area contributed by atoms with Crippen LogP contribution in [0.5, 0.6) is 0 Å². The molecule has 0 bridgehead atoms. The highest BCUT2D eigenvalue weighted by molar-refractivity contribution is 9.10. The van der Waals surface area contributed by atoms with Crippen molar-refractivity contribution in [1.82, 2.24) is 5.32 Å². The van der Waals surface area contributed by atoms with Crippen molar-refractivity contribution in [3.63, 3.8) is 0 Å². The smallest absolute Gasteiger partial charge is 0.221 e. The molecule has 2 aromatic rings. The minimum absolute atomic E-state index is 0.0119. The van der Waals surface area contributed by atoms with Gasteiger partial charge in [-0.05, 0) is 42.8 Å². The van der Waals surface area contributed by atoms with Gasteiger partial charge in [0.2, 0.25) is 5.91 Å². The zero-order valence-corrected chi connectivity index (χ0v) is 14.6. The topological polar surface area (TPSA) is 29.1 Å². The van der Waals surface area contributed by atoms with Gasteiger partial charge in [-0.15, -0.1) is 11.8 Å². The average Bonchev–Trinajstić information content (AvgIpc) is 2.49. The minimum Gasteiger partial charge on any atom is -0.350 e. The molecule has 1 N–H and O–H groups in total. The lowest BCUT2D eigenvalue weighted by molar-refractivity contribution is -0.121. The molecule has 0 aromatic heterocycles. The summed E-state index contributed by atoms with van der Waals surface area (Å²) in [4.78, 5) is 12.9. The standard InChI is InChI=1S/C17H17BrFNOS/c1-12(15-4-2-3-5-16(15)18)20-17(21)10-11-22-14-8-6-13(19)7-9-14/h2-9,12H,10-11H2,1H3,(H,20,21). The molecular formula is C17H17BrFNOS. The highest BCUT2D eigenvalue weighted by Gasteiger charge is 2.11. The van der Waals surface area contributed by atoms with E-state index in [1.54, 1.807) is 23.9 Å². The Balaban J connectivity index is 1.78. The van der Waals surface area contributed by atoms with E-state index in [4.69, 9.17) is 0 Å². The lowest BCUT2D eigenvalue weighted by Crippen LogP contribution is -2.27. The number of thioether (sulfide) groups is 1. The van der Waals surface area contributed by atoms with Crippen molar-refractivity contribution in [3.05, 3.63) is 64.4 Å². The van der Waals surface area contributed by atoms with Crippen LogP contribution in [0.25, 0.3) is 0 Å². The van der Waals surface area contributed by atoms with E-state index in [1.165, 1.54) is 12.1 Å². The van der Waals surface area contributed by atoms with Gasteiger partial charge in [0.05, 0.1) is 6.04 Å². The highest BCUT2D eigenvalue weighted by Crippen LogP contribution is 2.23. The van der Waals surface area contributed by atoms with Crippen molar-refractivity contribution in [2.75, 3.05) is 5.75 Å². The Morgan fingerprint density at radius 3 is 2.59 bits per heavy atom. The van der Waals surface area contributed by atoms with Gasteiger partial charge >= 0.3 is 0 Å². The molecule has 1 atom stereocenters. The third-order valence-corrected chi connectivity index (χ3v) is 4.90. The predicted molar refractivity (Wildman–Crippen MR) is 92.4 cm³/mol. The van der Waals surface area contributed by atoms with Crippen LogP contribution in [0.4, 0.5) is 4.39 Å². The van der Waals surface area contributed by atoms with Crippen molar-refractivity contribution in [2.24, 2.45) is 0 Å². The molecule has 2 nitrogen and oxygen atoms in total. The average molecular weight is 382 g/mol. The van der Waals surface area contributed by atoms with Gasteiger partial charge in [-0.25, -0.2) is 4.39 Å². The molecule has 0 radical (unpaired) electrons. The Morgan fingerprint density at radius 2 is 1.91 bits per heavy atom. The maximum atomic E-state index is 12.8. The first-order chi connectivity index (χ1) is 10.6. The number of amides is 1. The minimum atomic E-state index is -0.246. The van der Waals surface area contributed by atoms with Crippen molar-refractivity contribution < 1.29 is 9.18 Å². The third kappa shape index (κ3) is 5.14. The normalized spacial score (nSPS) is 12.0. The van der Waals surface area contributed by atoms with E-state index < -0.39 is 0 Å². The first-order valence-electron chi connectivity index (χ1n) is 6.98. The van der Waals surface area contributed by atoms with E-state index in [0.717, 1.165) is 14.9 Å². The summed E-state index contributed by atoms with van der Waals surface area (Å²) in [7, 11) is 0. The molecule has 116 valence electrons. The fourth-order valence-corrected chi connectivity index (χ4v) is 3.49. The quantitative estimate of drug-likeness (QED) is 0.717. The van der Waals surface area contributed by atoms with Crippen LogP contribution in [-0.2, 0) is 4.79 Å². The molecule has 0 aliphatic carbocycles. The van der Waals surface area contributed by atoms with Crippen LogP contribution >= 0.6 is 27.7 Å². The maximum absolute atomic E-state index is 12.8. The second kappa shape index (κ2) is 8.34. The number of carbonyl (C=O) groups is 1. The van der Waals surface area contributed by atoms with Gasteiger partial charge in [-0.2, -0.15) is 0 Å². The summed E-state index contributed by atoms with van der Waals surface area (Å²) in [5, 5.41) is 2.99. The van der Waals surface area contributed by atoms with Gasteiger partial charge in [0.1, 0.15) is 5.82 Å². The van der Waals surface area contributed by atoms with Crippen LogP contribution in [0, 0.1) is 5.82 Å². The third-order valence-electron chi connectivity index (χ3n) is 3.16. The summed E-state index contributed by atoms with van der Waals surface area (Å²) < 4.78 is 13.8. The molecule has 0 spiro atoms. The number of hydrogen-bond donors (Lipinski definition) is 1. The number of halogens is 2. The van der Waals surface area contributed by atoms with Gasteiger partial charge in [0.15, 0.2) is 0 Å². The fraction of sp³-hybridized carbons (Fsp3) is 0.235.